The molecular weight excluding hydrogens is 398 g/mol. The number of hydrazine groups is 1. The number of amides is 1. The normalized spacial score (nSPS) is 10.3. The van der Waals surface area contributed by atoms with E-state index >= 15 is 0 Å². The molecule has 0 spiro atoms. The first-order chi connectivity index (χ1) is 13.6. The number of ether oxygens (including phenoxy) is 1. The molecule has 1 amide bonds. The zero-order valence-electron chi connectivity index (χ0n) is 15.1. The number of thiocarbonyl (C=S) groups is 1. The van der Waals surface area contributed by atoms with Crippen LogP contribution in [0.4, 0.5) is 0 Å². The standard InChI is InChI=1S/C18H19N5O3S2/c1-25-13-6-4-12(5-7-13)11-19-18(27)22-21-15(24)8-9-16-20-17(23-26-16)14-3-2-10-28-14/h2-7,10H,8-9,11H2,1H3,(H,21,24)(H2,19,22,27). The molecule has 0 unspecified atom stereocenters. The van der Waals surface area contributed by atoms with Gasteiger partial charge in [0, 0.05) is 19.4 Å². The fourth-order valence-corrected chi connectivity index (χ4v) is 3.01. The van der Waals surface area contributed by atoms with Gasteiger partial charge in [-0.15, -0.1) is 11.3 Å². The van der Waals surface area contributed by atoms with Gasteiger partial charge in [0.15, 0.2) is 5.11 Å². The highest BCUT2D eigenvalue weighted by atomic mass is 32.1. The number of aromatic nitrogens is 2. The number of nitrogens with one attached hydrogen (secondary N) is 3. The zero-order valence-corrected chi connectivity index (χ0v) is 16.7. The first kappa shape index (κ1) is 19.8. The van der Waals surface area contributed by atoms with E-state index in [1.165, 1.54) is 11.3 Å². The Morgan fingerprint density at radius 1 is 1.25 bits per heavy atom. The van der Waals surface area contributed by atoms with E-state index < -0.39 is 0 Å². The van der Waals surface area contributed by atoms with Crippen LogP contribution >= 0.6 is 23.6 Å². The summed E-state index contributed by atoms with van der Waals surface area (Å²) >= 11 is 6.67. The van der Waals surface area contributed by atoms with Crippen LogP contribution in [0.5, 0.6) is 5.75 Å². The Hall–Kier alpha value is -2.98. The van der Waals surface area contributed by atoms with Crippen molar-refractivity contribution in [3.05, 3.63) is 53.2 Å². The molecule has 3 aromatic rings. The maximum absolute atomic E-state index is 11.9. The zero-order chi connectivity index (χ0) is 19.8. The minimum atomic E-state index is -0.232. The smallest absolute Gasteiger partial charge is 0.238 e. The SMILES string of the molecule is COc1ccc(CNC(=S)NNC(=O)CCc2nc(-c3cccs3)no2)cc1. The van der Waals surface area contributed by atoms with Crippen LogP contribution in [0, 0.1) is 0 Å². The Balaban J connectivity index is 1.35. The van der Waals surface area contributed by atoms with E-state index in [0.29, 0.717) is 29.8 Å². The molecule has 0 fully saturated rings. The van der Waals surface area contributed by atoms with Crippen LogP contribution < -0.4 is 20.9 Å². The quantitative estimate of drug-likeness (QED) is 0.398. The third kappa shape index (κ3) is 5.76. The van der Waals surface area contributed by atoms with Crippen molar-refractivity contribution >= 4 is 34.6 Å². The number of nitrogens with zero attached hydrogens (tertiary/aromatic N) is 2. The van der Waals surface area contributed by atoms with Crippen molar-refractivity contribution in [1.29, 1.82) is 0 Å². The molecule has 0 saturated heterocycles. The van der Waals surface area contributed by atoms with Crippen LogP contribution in [0.15, 0.2) is 46.3 Å². The topological polar surface area (TPSA) is 101 Å². The molecule has 0 aliphatic carbocycles. The van der Waals surface area contributed by atoms with Crippen molar-refractivity contribution in [1.82, 2.24) is 26.3 Å². The highest BCUT2D eigenvalue weighted by molar-refractivity contribution is 7.80. The van der Waals surface area contributed by atoms with Gasteiger partial charge >= 0.3 is 0 Å². The van der Waals surface area contributed by atoms with Gasteiger partial charge in [-0.1, -0.05) is 23.4 Å². The number of carbonyl (C=O) groups excluding carboxylic acids is 1. The summed E-state index contributed by atoms with van der Waals surface area (Å²) in [6.07, 6.45) is 0.540. The first-order valence-corrected chi connectivity index (χ1v) is 9.75. The van der Waals surface area contributed by atoms with Gasteiger partial charge in [0.05, 0.1) is 12.0 Å². The molecule has 0 aliphatic heterocycles. The van der Waals surface area contributed by atoms with Gasteiger partial charge in [0.2, 0.25) is 17.6 Å². The van der Waals surface area contributed by atoms with E-state index in [0.717, 1.165) is 16.2 Å². The Morgan fingerprint density at radius 3 is 2.79 bits per heavy atom. The molecule has 1 aromatic carbocycles. The van der Waals surface area contributed by atoms with Crippen molar-refractivity contribution < 1.29 is 14.1 Å². The highest BCUT2D eigenvalue weighted by Crippen LogP contribution is 2.21. The summed E-state index contributed by atoms with van der Waals surface area (Å²) in [6.45, 7) is 0.527. The Labute approximate surface area is 171 Å². The van der Waals surface area contributed by atoms with Crippen LogP contribution in [-0.2, 0) is 17.8 Å². The molecule has 3 rings (SSSR count). The lowest BCUT2D eigenvalue weighted by molar-refractivity contribution is -0.121. The largest absolute Gasteiger partial charge is 0.497 e. The van der Waals surface area contributed by atoms with Crippen LogP contribution in [0.2, 0.25) is 0 Å². The summed E-state index contributed by atoms with van der Waals surface area (Å²) in [7, 11) is 1.62. The molecule has 146 valence electrons. The lowest BCUT2D eigenvalue weighted by atomic mass is 10.2. The van der Waals surface area contributed by atoms with Crippen molar-refractivity contribution in [2.24, 2.45) is 0 Å². The van der Waals surface area contributed by atoms with Gasteiger partial charge in [-0.25, -0.2) is 0 Å². The third-order valence-corrected chi connectivity index (χ3v) is 4.82. The molecule has 3 N–H and O–H groups in total. The lowest BCUT2D eigenvalue weighted by Gasteiger charge is -2.11. The summed E-state index contributed by atoms with van der Waals surface area (Å²) in [5.74, 6) is 1.51. The van der Waals surface area contributed by atoms with Crippen molar-refractivity contribution in [2.45, 2.75) is 19.4 Å². The van der Waals surface area contributed by atoms with Crippen LogP contribution in [-0.4, -0.2) is 28.3 Å². The van der Waals surface area contributed by atoms with Gasteiger partial charge in [-0.05, 0) is 41.4 Å². The van der Waals surface area contributed by atoms with E-state index in [2.05, 4.69) is 26.3 Å². The van der Waals surface area contributed by atoms with E-state index in [4.69, 9.17) is 21.5 Å². The first-order valence-electron chi connectivity index (χ1n) is 8.46. The van der Waals surface area contributed by atoms with Gasteiger partial charge in [0.1, 0.15) is 5.75 Å². The van der Waals surface area contributed by atoms with Crippen molar-refractivity contribution in [3.63, 3.8) is 0 Å². The predicted molar refractivity (Wildman–Crippen MR) is 110 cm³/mol. The Kier molecular flexibility index (Phi) is 6.93. The number of methoxy groups -OCH3 is 1. The summed E-state index contributed by atoms with van der Waals surface area (Å²) in [5, 5.41) is 9.18. The van der Waals surface area contributed by atoms with E-state index in [9.17, 15) is 4.79 Å². The molecule has 8 nitrogen and oxygen atoms in total. The molecule has 28 heavy (non-hydrogen) atoms. The van der Waals surface area contributed by atoms with Crippen molar-refractivity contribution in [3.8, 4) is 16.5 Å². The summed E-state index contributed by atoms with van der Waals surface area (Å²) in [5.41, 5.74) is 6.25. The number of aryl methyl sites for hydroxylation is 1. The maximum atomic E-state index is 11.9. The molecule has 0 aliphatic rings. The predicted octanol–water partition coefficient (Wildman–Crippen LogP) is 2.43. The molecule has 10 heteroatoms. The minimum absolute atomic E-state index is 0.195. The number of thiophene rings is 1. The third-order valence-electron chi connectivity index (χ3n) is 3.70. The lowest BCUT2D eigenvalue weighted by Crippen LogP contribution is -2.46. The van der Waals surface area contributed by atoms with Gasteiger partial charge < -0.3 is 14.6 Å². The van der Waals surface area contributed by atoms with Gasteiger partial charge in [-0.2, -0.15) is 4.98 Å². The maximum Gasteiger partial charge on any atom is 0.238 e. The summed E-state index contributed by atoms with van der Waals surface area (Å²) < 4.78 is 10.3. The number of carbonyl (C=O) groups is 1. The van der Waals surface area contributed by atoms with Gasteiger partial charge in [-0.3, -0.25) is 15.6 Å². The number of hydrogen-bond acceptors (Lipinski definition) is 7. The van der Waals surface area contributed by atoms with E-state index in [1.807, 2.05) is 41.8 Å². The van der Waals surface area contributed by atoms with Crippen LogP contribution in [0.25, 0.3) is 10.7 Å². The second-order valence-electron chi connectivity index (χ2n) is 5.69. The monoisotopic (exact) mass is 417 g/mol. The van der Waals surface area contributed by atoms with Crippen LogP contribution in [0.1, 0.15) is 17.9 Å². The summed E-state index contributed by atoms with van der Waals surface area (Å²) in [6, 6.07) is 11.4. The molecule has 0 saturated carbocycles. The number of rotatable bonds is 7. The number of hydrogen-bond donors (Lipinski definition) is 3. The van der Waals surface area contributed by atoms with E-state index in [1.54, 1.807) is 7.11 Å². The molecule has 2 aromatic heterocycles. The van der Waals surface area contributed by atoms with Crippen molar-refractivity contribution in [2.75, 3.05) is 7.11 Å². The molecular formula is C18H19N5O3S2. The average Bonchev–Trinajstić information content (AvgIpc) is 3.41. The van der Waals surface area contributed by atoms with E-state index in [-0.39, 0.29) is 12.3 Å². The fourth-order valence-electron chi connectivity index (χ4n) is 2.24. The number of benzene rings is 1. The minimum Gasteiger partial charge on any atom is -0.497 e. The van der Waals surface area contributed by atoms with Gasteiger partial charge in [0.25, 0.3) is 0 Å². The highest BCUT2D eigenvalue weighted by Gasteiger charge is 2.11. The summed E-state index contributed by atoms with van der Waals surface area (Å²) in [4.78, 5) is 17.1. The Morgan fingerprint density at radius 2 is 2.07 bits per heavy atom. The molecule has 0 atom stereocenters. The Bertz CT molecular complexity index is 910. The van der Waals surface area contributed by atoms with Crippen LogP contribution in [0.3, 0.4) is 0 Å². The molecule has 0 bridgehead atoms. The second-order valence-corrected chi connectivity index (χ2v) is 7.05. The molecule has 0 radical (unpaired) electrons. The average molecular weight is 418 g/mol. The fraction of sp³-hybridized carbons (Fsp3) is 0.222. The second kappa shape index (κ2) is 9.81. The molecule has 2 heterocycles.